The number of halogens is 1. The van der Waals surface area contributed by atoms with Crippen molar-refractivity contribution < 1.29 is 9.59 Å². The van der Waals surface area contributed by atoms with Gasteiger partial charge in [0.25, 0.3) is 0 Å². The Morgan fingerprint density at radius 3 is 2.20 bits per heavy atom. The van der Waals surface area contributed by atoms with Crippen molar-refractivity contribution >= 4 is 23.2 Å². The Balaban J connectivity index is 3.12. The fourth-order valence-electron chi connectivity index (χ4n) is 0.643. The van der Waals surface area contributed by atoms with Crippen LogP contribution in [0.25, 0.3) is 0 Å². The molecule has 0 aromatic carbocycles. The molecule has 2 nitrogen and oxygen atoms in total. The number of rotatable bonds is 0. The van der Waals surface area contributed by atoms with Crippen LogP contribution in [0.4, 0.5) is 0 Å². The topological polar surface area (TPSA) is 34.1 Å². The van der Waals surface area contributed by atoms with Gasteiger partial charge in [-0.1, -0.05) is 11.6 Å². The molecule has 0 amide bonds. The zero-order valence-corrected chi connectivity index (χ0v) is 6.11. The van der Waals surface area contributed by atoms with Gasteiger partial charge in [-0.15, -0.1) is 0 Å². The number of hydrogen-bond acceptors (Lipinski definition) is 2. The molecule has 0 aliphatic heterocycles. The molecule has 0 fully saturated rings. The summed E-state index contributed by atoms with van der Waals surface area (Å²) in [6.07, 6.45) is 2.40. The molecule has 0 atom stereocenters. The summed E-state index contributed by atoms with van der Waals surface area (Å²) < 4.78 is 0. The average molecular weight is 157 g/mol. The van der Waals surface area contributed by atoms with Crippen LogP contribution in [0, 0.1) is 0 Å². The van der Waals surface area contributed by atoms with Crippen molar-refractivity contribution in [3.05, 3.63) is 22.8 Å². The Kier molecular flexibility index (Phi) is 1.72. The fourth-order valence-corrected chi connectivity index (χ4v) is 0.799. The Labute approximate surface area is 63.2 Å². The molecule has 0 saturated heterocycles. The van der Waals surface area contributed by atoms with Gasteiger partial charge in [0.15, 0.2) is 11.6 Å². The first kappa shape index (κ1) is 7.22. The predicted octanol–water partition coefficient (Wildman–Crippen LogP) is 1.21. The first-order valence-corrected chi connectivity index (χ1v) is 3.14. The molecule has 0 aromatic heterocycles. The smallest absolute Gasteiger partial charge is 0.197 e. The average Bonchev–Trinajstić information content (AvgIpc) is 1.93. The van der Waals surface area contributed by atoms with Crippen molar-refractivity contribution in [3.8, 4) is 0 Å². The molecular formula is C7H5ClO2. The molecule has 0 aromatic rings. The molecular weight excluding hydrogens is 152 g/mol. The molecule has 0 heterocycles. The van der Waals surface area contributed by atoms with Gasteiger partial charge in [-0.05, 0) is 19.1 Å². The van der Waals surface area contributed by atoms with E-state index in [4.69, 9.17) is 11.6 Å². The van der Waals surface area contributed by atoms with E-state index >= 15 is 0 Å². The van der Waals surface area contributed by atoms with Crippen molar-refractivity contribution in [1.29, 1.82) is 0 Å². The summed E-state index contributed by atoms with van der Waals surface area (Å²) in [5.41, 5.74) is 0.328. The van der Waals surface area contributed by atoms with Gasteiger partial charge in [-0.2, -0.15) is 0 Å². The van der Waals surface area contributed by atoms with Gasteiger partial charge in [0.05, 0.1) is 5.03 Å². The SMILES string of the molecule is CC1=C(Cl)C(=O)C=CC1=O. The van der Waals surface area contributed by atoms with Crippen molar-refractivity contribution in [3.63, 3.8) is 0 Å². The van der Waals surface area contributed by atoms with E-state index in [-0.39, 0.29) is 16.6 Å². The second-order valence-corrected chi connectivity index (χ2v) is 2.38. The minimum absolute atomic E-state index is 0.0347. The Morgan fingerprint density at radius 2 is 1.70 bits per heavy atom. The molecule has 1 aliphatic carbocycles. The number of carbonyl (C=O) groups excluding carboxylic acids is 2. The molecule has 52 valence electrons. The zero-order valence-electron chi connectivity index (χ0n) is 5.35. The summed E-state index contributed by atoms with van der Waals surface area (Å²) in [6.45, 7) is 1.53. The molecule has 3 heteroatoms. The maximum absolute atomic E-state index is 10.8. The minimum Gasteiger partial charge on any atom is -0.290 e. The van der Waals surface area contributed by atoms with Crippen molar-refractivity contribution in [1.82, 2.24) is 0 Å². The maximum Gasteiger partial charge on any atom is 0.197 e. The summed E-state index contributed by atoms with van der Waals surface area (Å²) in [4.78, 5) is 21.5. The molecule has 1 aliphatic rings. The van der Waals surface area contributed by atoms with E-state index in [0.717, 1.165) is 0 Å². The van der Waals surface area contributed by atoms with Crippen LogP contribution in [-0.2, 0) is 9.59 Å². The zero-order chi connectivity index (χ0) is 7.72. The highest BCUT2D eigenvalue weighted by Gasteiger charge is 2.16. The maximum atomic E-state index is 10.8. The van der Waals surface area contributed by atoms with Crippen molar-refractivity contribution in [2.24, 2.45) is 0 Å². The van der Waals surface area contributed by atoms with Crippen LogP contribution in [0.1, 0.15) is 6.92 Å². The van der Waals surface area contributed by atoms with Gasteiger partial charge in [-0.3, -0.25) is 9.59 Å². The van der Waals surface area contributed by atoms with E-state index in [9.17, 15) is 9.59 Å². The molecule has 10 heavy (non-hydrogen) atoms. The summed E-state index contributed by atoms with van der Waals surface area (Å²) in [5.74, 6) is -0.483. The normalized spacial score (nSPS) is 18.6. The Bertz CT molecular complexity index is 235. The van der Waals surface area contributed by atoms with Gasteiger partial charge < -0.3 is 0 Å². The summed E-state index contributed by atoms with van der Waals surface area (Å²) in [5, 5.41) is 0.0347. The minimum atomic E-state index is -0.293. The fraction of sp³-hybridized carbons (Fsp3) is 0.143. The summed E-state index contributed by atoms with van der Waals surface area (Å²) >= 11 is 5.47. The van der Waals surface area contributed by atoms with Crippen LogP contribution in [0.3, 0.4) is 0 Å². The van der Waals surface area contributed by atoms with Crippen LogP contribution in [0.5, 0.6) is 0 Å². The van der Waals surface area contributed by atoms with Gasteiger partial charge in [-0.25, -0.2) is 0 Å². The summed E-state index contributed by atoms with van der Waals surface area (Å²) in [7, 11) is 0. The molecule has 0 unspecified atom stereocenters. The Hall–Kier alpha value is -0.890. The molecule has 1 rings (SSSR count). The van der Waals surface area contributed by atoms with E-state index in [1.54, 1.807) is 0 Å². The monoisotopic (exact) mass is 156 g/mol. The van der Waals surface area contributed by atoms with Crippen molar-refractivity contribution in [2.75, 3.05) is 0 Å². The molecule has 0 bridgehead atoms. The van der Waals surface area contributed by atoms with E-state index in [1.807, 2.05) is 0 Å². The predicted molar refractivity (Wildman–Crippen MR) is 37.7 cm³/mol. The largest absolute Gasteiger partial charge is 0.290 e. The molecule has 0 saturated carbocycles. The lowest BCUT2D eigenvalue weighted by Crippen LogP contribution is -2.08. The van der Waals surface area contributed by atoms with Gasteiger partial charge in [0.1, 0.15) is 0 Å². The van der Waals surface area contributed by atoms with E-state index in [0.29, 0.717) is 5.57 Å². The third-order valence-corrected chi connectivity index (χ3v) is 1.77. The lowest BCUT2D eigenvalue weighted by atomic mass is 10.1. The number of hydrogen-bond donors (Lipinski definition) is 0. The third-order valence-electron chi connectivity index (χ3n) is 1.30. The van der Waals surface area contributed by atoms with Crippen LogP contribution in [-0.4, -0.2) is 11.6 Å². The van der Waals surface area contributed by atoms with E-state index in [2.05, 4.69) is 0 Å². The highest BCUT2D eigenvalue weighted by molar-refractivity contribution is 6.47. The van der Waals surface area contributed by atoms with Crippen LogP contribution >= 0.6 is 11.6 Å². The number of allylic oxidation sites excluding steroid dienone is 4. The van der Waals surface area contributed by atoms with Gasteiger partial charge >= 0.3 is 0 Å². The Morgan fingerprint density at radius 1 is 1.20 bits per heavy atom. The van der Waals surface area contributed by atoms with E-state index in [1.165, 1.54) is 19.1 Å². The first-order chi connectivity index (χ1) is 4.63. The third kappa shape index (κ3) is 1.02. The number of carbonyl (C=O) groups is 2. The van der Waals surface area contributed by atoms with Crippen LogP contribution < -0.4 is 0 Å². The van der Waals surface area contributed by atoms with E-state index < -0.39 is 0 Å². The first-order valence-electron chi connectivity index (χ1n) is 2.76. The molecule has 0 radical (unpaired) electrons. The van der Waals surface area contributed by atoms with Crippen molar-refractivity contribution in [2.45, 2.75) is 6.92 Å². The standard InChI is InChI=1S/C7H5ClO2/c1-4-5(9)2-3-6(10)7(4)8/h2-3H,1H3. The second kappa shape index (κ2) is 2.39. The quantitative estimate of drug-likeness (QED) is 0.494. The highest BCUT2D eigenvalue weighted by atomic mass is 35.5. The second-order valence-electron chi connectivity index (χ2n) is 2.00. The molecule has 0 N–H and O–H groups in total. The lowest BCUT2D eigenvalue weighted by Gasteiger charge is -2.02. The van der Waals surface area contributed by atoms with Crippen LogP contribution in [0.15, 0.2) is 22.8 Å². The molecule has 0 spiro atoms. The number of ketones is 2. The summed E-state index contributed by atoms with van der Waals surface area (Å²) in [6, 6.07) is 0. The lowest BCUT2D eigenvalue weighted by molar-refractivity contribution is -0.114. The highest BCUT2D eigenvalue weighted by Crippen LogP contribution is 2.16. The van der Waals surface area contributed by atoms with Crippen LogP contribution in [0.2, 0.25) is 0 Å². The van der Waals surface area contributed by atoms with Gasteiger partial charge in [0, 0.05) is 5.57 Å². The van der Waals surface area contributed by atoms with Gasteiger partial charge in [0.2, 0.25) is 0 Å².